The molecule has 1 aliphatic carbocycles. The summed E-state index contributed by atoms with van der Waals surface area (Å²) in [6, 6.07) is 4.67. The van der Waals surface area contributed by atoms with E-state index >= 15 is 0 Å². The molecule has 2 aromatic heterocycles. The number of halogens is 1. The van der Waals surface area contributed by atoms with Crippen molar-refractivity contribution in [3.05, 3.63) is 50.4 Å². The van der Waals surface area contributed by atoms with E-state index in [4.69, 9.17) is 11.6 Å². The molecule has 0 saturated heterocycles. The van der Waals surface area contributed by atoms with Crippen molar-refractivity contribution < 1.29 is 0 Å². The maximum absolute atomic E-state index is 6.14. The normalized spacial score (nSPS) is 18.3. The van der Waals surface area contributed by atoms with Crippen molar-refractivity contribution in [1.82, 2.24) is 10.3 Å². The molecule has 1 atom stereocenters. The van der Waals surface area contributed by atoms with Crippen molar-refractivity contribution >= 4 is 22.9 Å². The monoisotopic (exact) mass is 292 g/mol. The minimum Gasteiger partial charge on any atom is -0.306 e. The molecule has 2 nitrogen and oxygen atoms in total. The highest BCUT2D eigenvalue weighted by Crippen LogP contribution is 2.37. The van der Waals surface area contributed by atoms with Crippen LogP contribution in [0.4, 0.5) is 0 Å². The number of fused-ring (bicyclic) bond motifs is 1. The van der Waals surface area contributed by atoms with Gasteiger partial charge in [0.1, 0.15) is 0 Å². The van der Waals surface area contributed by atoms with Gasteiger partial charge in [-0.1, -0.05) is 11.6 Å². The molecule has 0 saturated carbocycles. The van der Waals surface area contributed by atoms with Gasteiger partial charge in [-0.3, -0.25) is 4.98 Å². The van der Waals surface area contributed by atoms with Crippen LogP contribution in [-0.4, -0.2) is 4.98 Å². The molecule has 1 N–H and O–H groups in total. The molecule has 4 heteroatoms. The highest BCUT2D eigenvalue weighted by molar-refractivity contribution is 7.16. The lowest BCUT2D eigenvalue weighted by atomic mass is 9.94. The Hall–Kier alpha value is -0.900. The van der Waals surface area contributed by atoms with Gasteiger partial charge in [-0.25, -0.2) is 0 Å². The third-order valence-electron chi connectivity index (χ3n) is 3.76. The summed E-state index contributed by atoms with van der Waals surface area (Å²) < 4.78 is 0.916. The van der Waals surface area contributed by atoms with Crippen molar-refractivity contribution in [3.8, 4) is 0 Å². The molecule has 0 aliphatic heterocycles. The number of nitrogens with zero attached hydrogens (tertiary/aromatic N) is 1. The highest BCUT2D eigenvalue weighted by Gasteiger charge is 2.22. The van der Waals surface area contributed by atoms with E-state index in [1.165, 1.54) is 40.8 Å². The van der Waals surface area contributed by atoms with Crippen molar-refractivity contribution in [2.24, 2.45) is 0 Å². The third-order valence-corrected chi connectivity index (χ3v) is 5.10. The van der Waals surface area contributed by atoms with Gasteiger partial charge in [0.15, 0.2) is 0 Å². The van der Waals surface area contributed by atoms with Gasteiger partial charge >= 0.3 is 0 Å². The zero-order chi connectivity index (χ0) is 13.2. The largest absolute Gasteiger partial charge is 0.306 e. The van der Waals surface area contributed by atoms with Gasteiger partial charge in [0.2, 0.25) is 0 Å². The summed E-state index contributed by atoms with van der Waals surface area (Å²) in [5.41, 5.74) is 3.98. The van der Waals surface area contributed by atoms with Crippen molar-refractivity contribution in [3.63, 3.8) is 0 Å². The predicted octanol–water partition coefficient (Wildman–Crippen LogP) is 4.27. The van der Waals surface area contributed by atoms with Crippen LogP contribution in [0.15, 0.2) is 24.5 Å². The van der Waals surface area contributed by atoms with Crippen LogP contribution in [0.2, 0.25) is 4.34 Å². The molecule has 0 aromatic carbocycles. The summed E-state index contributed by atoms with van der Waals surface area (Å²) in [6.45, 7) is 3.00. The molecule has 2 heterocycles. The van der Waals surface area contributed by atoms with E-state index in [9.17, 15) is 0 Å². The van der Waals surface area contributed by atoms with E-state index < -0.39 is 0 Å². The summed E-state index contributed by atoms with van der Waals surface area (Å²) >= 11 is 7.88. The van der Waals surface area contributed by atoms with Crippen LogP contribution in [-0.2, 0) is 13.0 Å². The van der Waals surface area contributed by atoms with Crippen LogP contribution < -0.4 is 5.32 Å². The van der Waals surface area contributed by atoms with Gasteiger partial charge in [0, 0.05) is 29.9 Å². The van der Waals surface area contributed by atoms with Crippen molar-refractivity contribution in [2.45, 2.75) is 38.8 Å². The highest BCUT2D eigenvalue weighted by atomic mass is 35.5. The number of hydrogen-bond donors (Lipinski definition) is 1. The predicted molar refractivity (Wildman–Crippen MR) is 80.8 cm³/mol. The van der Waals surface area contributed by atoms with Gasteiger partial charge in [0.05, 0.1) is 4.34 Å². The molecular weight excluding hydrogens is 276 g/mol. The Morgan fingerprint density at radius 2 is 2.42 bits per heavy atom. The lowest BCUT2D eigenvalue weighted by Crippen LogP contribution is -2.24. The van der Waals surface area contributed by atoms with E-state index in [-0.39, 0.29) is 0 Å². The fraction of sp³-hybridized carbons (Fsp3) is 0.400. The first-order valence-corrected chi connectivity index (χ1v) is 7.84. The second kappa shape index (κ2) is 5.61. The van der Waals surface area contributed by atoms with Crippen LogP contribution in [0.3, 0.4) is 0 Å². The molecule has 19 heavy (non-hydrogen) atoms. The van der Waals surface area contributed by atoms with Gasteiger partial charge in [-0.15, -0.1) is 11.3 Å². The summed E-state index contributed by atoms with van der Waals surface area (Å²) in [7, 11) is 0. The Bertz CT molecular complexity index is 579. The van der Waals surface area contributed by atoms with Crippen LogP contribution in [0.5, 0.6) is 0 Å². The second-order valence-electron chi connectivity index (χ2n) is 5.06. The molecule has 100 valence electrons. The van der Waals surface area contributed by atoms with E-state index in [0.717, 1.165) is 10.9 Å². The number of aryl methyl sites for hydroxylation is 2. The van der Waals surface area contributed by atoms with E-state index in [0.29, 0.717) is 6.04 Å². The Morgan fingerprint density at radius 1 is 1.53 bits per heavy atom. The standard InChI is InChI=1S/C15H17ClN2S/c1-10-8-17-6-5-11(10)9-18-13-3-2-4-14-12(13)7-15(16)19-14/h5-8,13,18H,2-4,9H2,1H3. The number of pyridine rings is 1. The first-order valence-electron chi connectivity index (χ1n) is 6.65. The number of aromatic nitrogens is 1. The summed E-state index contributed by atoms with van der Waals surface area (Å²) in [5, 5.41) is 3.67. The molecule has 1 unspecified atom stereocenters. The van der Waals surface area contributed by atoms with Crippen LogP contribution in [0.1, 0.15) is 40.5 Å². The lowest BCUT2D eigenvalue weighted by Gasteiger charge is -2.24. The second-order valence-corrected chi connectivity index (χ2v) is 6.82. The zero-order valence-electron chi connectivity index (χ0n) is 10.9. The quantitative estimate of drug-likeness (QED) is 0.914. The maximum Gasteiger partial charge on any atom is 0.0934 e. The minimum atomic E-state index is 0.445. The van der Waals surface area contributed by atoms with E-state index in [2.05, 4.69) is 29.4 Å². The zero-order valence-corrected chi connectivity index (χ0v) is 12.5. The third kappa shape index (κ3) is 2.83. The SMILES string of the molecule is Cc1cnccc1CNC1CCCc2sc(Cl)cc21. The number of hydrogen-bond acceptors (Lipinski definition) is 3. The molecule has 3 rings (SSSR count). The molecular formula is C15H17ClN2S. The van der Waals surface area contributed by atoms with E-state index in [1.54, 1.807) is 11.3 Å². The smallest absolute Gasteiger partial charge is 0.0934 e. The van der Waals surface area contributed by atoms with E-state index in [1.807, 2.05) is 12.4 Å². The Kier molecular flexibility index (Phi) is 3.87. The van der Waals surface area contributed by atoms with Gasteiger partial charge in [-0.2, -0.15) is 0 Å². The van der Waals surface area contributed by atoms with Crippen molar-refractivity contribution in [2.75, 3.05) is 0 Å². The molecule has 0 spiro atoms. The van der Waals surface area contributed by atoms with Crippen LogP contribution in [0, 0.1) is 6.92 Å². The molecule has 0 fully saturated rings. The van der Waals surface area contributed by atoms with Crippen molar-refractivity contribution in [1.29, 1.82) is 0 Å². The minimum absolute atomic E-state index is 0.445. The topological polar surface area (TPSA) is 24.9 Å². The molecule has 1 aliphatic rings. The first kappa shape index (κ1) is 13.1. The van der Waals surface area contributed by atoms with Gasteiger partial charge in [-0.05, 0) is 55.0 Å². The summed E-state index contributed by atoms with van der Waals surface area (Å²) in [6.07, 6.45) is 7.41. The molecule has 0 amide bonds. The Balaban J connectivity index is 1.73. The Morgan fingerprint density at radius 3 is 3.26 bits per heavy atom. The Labute approximate surface area is 122 Å². The molecule has 0 radical (unpaired) electrons. The molecule has 2 aromatic rings. The van der Waals surface area contributed by atoms with Gasteiger partial charge in [0.25, 0.3) is 0 Å². The van der Waals surface area contributed by atoms with Crippen LogP contribution >= 0.6 is 22.9 Å². The first-order chi connectivity index (χ1) is 9.24. The number of nitrogens with one attached hydrogen (secondary N) is 1. The molecule has 0 bridgehead atoms. The van der Waals surface area contributed by atoms with Crippen LogP contribution in [0.25, 0.3) is 0 Å². The average molecular weight is 293 g/mol. The number of rotatable bonds is 3. The number of thiophene rings is 1. The summed E-state index contributed by atoms with van der Waals surface area (Å²) in [4.78, 5) is 5.59. The lowest BCUT2D eigenvalue weighted by molar-refractivity contribution is 0.462. The fourth-order valence-corrected chi connectivity index (χ4v) is 4.05. The average Bonchev–Trinajstić information content (AvgIpc) is 2.78. The summed E-state index contributed by atoms with van der Waals surface area (Å²) in [5.74, 6) is 0. The fourth-order valence-electron chi connectivity index (χ4n) is 2.67. The van der Waals surface area contributed by atoms with Gasteiger partial charge < -0.3 is 5.32 Å². The maximum atomic E-state index is 6.14.